The molecule has 0 heterocycles. The predicted octanol–water partition coefficient (Wildman–Crippen LogP) is 0.419. The first kappa shape index (κ1) is 7.80. The van der Waals surface area contributed by atoms with Crippen LogP contribution in [0.25, 0.3) is 0 Å². The fourth-order valence-corrected chi connectivity index (χ4v) is 1.49. The van der Waals surface area contributed by atoms with Gasteiger partial charge in [0.15, 0.2) is 7.98 Å². The number of hydrogen-bond acceptors (Lipinski definition) is 2. The van der Waals surface area contributed by atoms with Gasteiger partial charge in [0.2, 0.25) is 0 Å². The SMILES string of the molecule is [B]NCC(=O)C1CCCC1. The average Bonchev–Trinajstić information content (AvgIpc) is 2.38. The molecule has 1 N–H and O–H groups in total. The van der Waals surface area contributed by atoms with Crippen LogP contribution in [0, 0.1) is 5.92 Å². The molecule has 0 unspecified atom stereocenters. The van der Waals surface area contributed by atoms with Crippen LogP contribution in [-0.4, -0.2) is 20.3 Å². The molecule has 1 saturated carbocycles. The Morgan fingerprint density at radius 1 is 1.50 bits per heavy atom. The third-order valence-corrected chi connectivity index (χ3v) is 2.09. The summed E-state index contributed by atoms with van der Waals surface area (Å²) in [6, 6.07) is 0. The Kier molecular flexibility index (Phi) is 2.94. The second kappa shape index (κ2) is 3.76. The molecule has 2 radical (unpaired) electrons. The minimum atomic E-state index is 0.278. The first-order valence-corrected chi connectivity index (χ1v) is 3.81. The van der Waals surface area contributed by atoms with Gasteiger partial charge in [0.1, 0.15) is 5.78 Å². The van der Waals surface area contributed by atoms with Gasteiger partial charge in [0.05, 0.1) is 0 Å². The minimum absolute atomic E-state index is 0.278. The molecule has 1 aliphatic rings. The van der Waals surface area contributed by atoms with Gasteiger partial charge in [0, 0.05) is 12.5 Å². The molecular formula is C7H12BNO. The van der Waals surface area contributed by atoms with Crippen molar-refractivity contribution >= 4 is 13.8 Å². The van der Waals surface area contributed by atoms with E-state index in [9.17, 15) is 4.79 Å². The number of carbonyl (C=O) groups is 1. The molecule has 0 bridgehead atoms. The van der Waals surface area contributed by atoms with Gasteiger partial charge in [-0.25, -0.2) is 0 Å². The van der Waals surface area contributed by atoms with Gasteiger partial charge in [0.25, 0.3) is 0 Å². The Bertz CT molecular complexity index is 121. The van der Waals surface area contributed by atoms with E-state index in [4.69, 9.17) is 7.98 Å². The summed E-state index contributed by atoms with van der Waals surface area (Å²) in [4.78, 5) is 11.1. The standard InChI is InChI=1S/C7H12BNO/c8-9-5-7(10)6-3-1-2-4-6/h6,9H,1-5H2. The largest absolute Gasteiger partial charge is 0.360 e. The molecule has 0 aromatic carbocycles. The highest BCUT2D eigenvalue weighted by Crippen LogP contribution is 2.24. The third kappa shape index (κ3) is 1.84. The Morgan fingerprint density at radius 2 is 2.10 bits per heavy atom. The summed E-state index contributed by atoms with van der Waals surface area (Å²) in [6.45, 7) is 0.338. The Morgan fingerprint density at radius 3 is 2.60 bits per heavy atom. The number of nitrogens with one attached hydrogen (secondary N) is 1. The minimum Gasteiger partial charge on any atom is -0.360 e. The van der Waals surface area contributed by atoms with Crippen LogP contribution < -0.4 is 5.23 Å². The summed E-state index contributed by atoms with van der Waals surface area (Å²) in [7, 11) is 5.03. The van der Waals surface area contributed by atoms with Crippen LogP contribution in [0.1, 0.15) is 25.7 Å². The molecule has 0 saturated heterocycles. The van der Waals surface area contributed by atoms with E-state index in [0.717, 1.165) is 12.8 Å². The van der Waals surface area contributed by atoms with Crippen LogP contribution in [-0.2, 0) is 4.79 Å². The Labute approximate surface area is 62.8 Å². The van der Waals surface area contributed by atoms with Crippen LogP contribution in [0.3, 0.4) is 0 Å². The molecule has 0 aromatic heterocycles. The zero-order chi connectivity index (χ0) is 7.40. The van der Waals surface area contributed by atoms with E-state index in [1.807, 2.05) is 0 Å². The molecule has 0 aliphatic heterocycles. The molecule has 3 heteroatoms. The average molecular weight is 137 g/mol. The fraction of sp³-hybridized carbons (Fsp3) is 0.857. The molecule has 54 valence electrons. The highest BCUT2D eigenvalue weighted by Gasteiger charge is 2.21. The summed E-state index contributed by atoms with van der Waals surface area (Å²) in [5, 5.41) is 2.39. The van der Waals surface area contributed by atoms with Gasteiger partial charge >= 0.3 is 0 Å². The lowest BCUT2D eigenvalue weighted by atomic mass is 10.0. The van der Waals surface area contributed by atoms with Gasteiger partial charge in [-0.1, -0.05) is 12.8 Å². The van der Waals surface area contributed by atoms with Crippen molar-refractivity contribution in [1.82, 2.24) is 5.23 Å². The maximum atomic E-state index is 11.1. The zero-order valence-corrected chi connectivity index (χ0v) is 6.10. The second-order valence-electron chi connectivity index (χ2n) is 2.83. The Hall–Kier alpha value is -0.305. The van der Waals surface area contributed by atoms with Gasteiger partial charge in [-0.2, -0.15) is 0 Å². The number of Topliss-reactive ketones (excluding diaryl/α,β-unsaturated/α-hetero) is 1. The van der Waals surface area contributed by atoms with E-state index < -0.39 is 0 Å². The summed E-state index contributed by atoms with van der Waals surface area (Å²) < 4.78 is 0. The van der Waals surface area contributed by atoms with Crippen LogP contribution in [0.5, 0.6) is 0 Å². The van der Waals surface area contributed by atoms with Crippen LogP contribution in [0.4, 0.5) is 0 Å². The Balaban J connectivity index is 2.25. The van der Waals surface area contributed by atoms with Crippen LogP contribution in [0.2, 0.25) is 0 Å². The topological polar surface area (TPSA) is 29.1 Å². The van der Waals surface area contributed by atoms with Crippen molar-refractivity contribution < 1.29 is 4.79 Å². The number of ketones is 1. The summed E-state index contributed by atoms with van der Waals surface area (Å²) in [6.07, 6.45) is 4.56. The van der Waals surface area contributed by atoms with E-state index in [-0.39, 0.29) is 5.78 Å². The normalized spacial score (nSPS) is 19.6. The van der Waals surface area contributed by atoms with Crippen molar-refractivity contribution in [2.45, 2.75) is 25.7 Å². The molecule has 1 aliphatic carbocycles. The van der Waals surface area contributed by atoms with Crippen LogP contribution >= 0.6 is 0 Å². The highest BCUT2D eigenvalue weighted by atomic mass is 16.1. The van der Waals surface area contributed by atoms with Crippen molar-refractivity contribution in [3.05, 3.63) is 0 Å². The van der Waals surface area contributed by atoms with Gasteiger partial charge in [-0.15, -0.1) is 0 Å². The summed E-state index contributed by atoms with van der Waals surface area (Å²) in [5.41, 5.74) is 0. The van der Waals surface area contributed by atoms with Gasteiger partial charge < -0.3 is 5.23 Å². The quantitative estimate of drug-likeness (QED) is 0.571. The molecule has 0 amide bonds. The summed E-state index contributed by atoms with van der Waals surface area (Å²) >= 11 is 0. The molecule has 2 nitrogen and oxygen atoms in total. The second-order valence-corrected chi connectivity index (χ2v) is 2.83. The summed E-state index contributed by atoms with van der Waals surface area (Å²) in [5.74, 6) is 0.580. The number of carbonyl (C=O) groups excluding carboxylic acids is 1. The molecule has 1 fully saturated rings. The predicted molar refractivity (Wildman–Crippen MR) is 40.7 cm³/mol. The van der Waals surface area contributed by atoms with Crippen molar-refractivity contribution in [1.29, 1.82) is 0 Å². The monoisotopic (exact) mass is 137 g/mol. The maximum absolute atomic E-state index is 11.1. The first-order valence-electron chi connectivity index (χ1n) is 3.81. The van der Waals surface area contributed by atoms with Crippen LogP contribution in [0.15, 0.2) is 0 Å². The fourth-order valence-electron chi connectivity index (χ4n) is 1.49. The van der Waals surface area contributed by atoms with Crippen molar-refractivity contribution in [3.8, 4) is 0 Å². The number of hydrogen-bond donors (Lipinski definition) is 1. The molecule has 0 aromatic rings. The molecule has 0 spiro atoms. The molecule has 1 rings (SSSR count). The smallest absolute Gasteiger partial charge is 0.178 e. The first-order chi connectivity index (χ1) is 4.84. The molecule has 10 heavy (non-hydrogen) atoms. The van der Waals surface area contributed by atoms with E-state index in [0.29, 0.717) is 12.5 Å². The molecule has 0 atom stereocenters. The van der Waals surface area contributed by atoms with Crippen molar-refractivity contribution in [2.75, 3.05) is 6.54 Å². The van der Waals surface area contributed by atoms with Crippen molar-refractivity contribution in [2.24, 2.45) is 5.92 Å². The van der Waals surface area contributed by atoms with E-state index >= 15 is 0 Å². The lowest BCUT2D eigenvalue weighted by Gasteiger charge is -2.05. The third-order valence-electron chi connectivity index (χ3n) is 2.09. The molecular weight excluding hydrogens is 125 g/mol. The van der Waals surface area contributed by atoms with E-state index in [1.165, 1.54) is 12.8 Å². The van der Waals surface area contributed by atoms with E-state index in [2.05, 4.69) is 5.23 Å². The van der Waals surface area contributed by atoms with Crippen molar-refractivity contribution in [3.63, 3.8) is 0 Å². The van der Waals surface area contributed by atoms with E-state index in [1.54, 1.807) is 0 Å². The number of rotatable bonds is 3. The maximum Gasteiger partial charge on any atom is 0.178 e. The van der Waals surface area contributed by atoms with Gasteiger partial charge in [-0.3, -0.25) is 4.79 Å². The zero-order valence-electron chi connectivity index (χ0n) is 6.10. The highest BCUT2D eigenvalue weighted by molar-refractivity contribution is 6.06. The van der Waals surface area contributed by atoms with Gasteiger partial charge in [-0.05, 0) is 12.8 Å². The lowest BCUT2D eigenvalue weighted by molar-refractivity contribution is -0.121. The lowest BCUT2D eigenvalue weighted by Crippen LogP contribution is -2.25.